The van der Waals surface area contributed by atoms with Crippen LogP contribution in [0.5, 0.6) is 0 Å². The fraction of sp³-hybridized carbons (Fsp3) is 0.333. The molecule has 2 atom stereocenters. The van der Waals surface area contributed by atoms with Gasteiger partial charge in [0.1, 0.15) is 0 Å². The van der Waals surface area contributed by atoms with Crippen LogP contribution in [0.1, 0.15) is 70.1 Å². The molecule has 0 fully saturated rings. The zero-order chi connectivity index (χ0) is 22.8. The quantitative estimate of drug-likeness (QED) is 0.369. The monoisotopic (exact) mass is 414 g/mol. The van der Waals surface area contributed by atoms with Gasteiger partial charge in [0.15, 0.2) is 5.43 Å². The third kappa shape index (κ3) is 4.49. The molecule has 4 heteroatoms. The Hall–Kier alpha value is -3.50. The molecule has 0 aliphatic heterocycles. The predicted molar refractivity (Wildman–Crippen MR) is 125 cm³/mol. The summed E-state index contributed by atoms with van der Waals surface area (Å²) in [6.07, 6.45) is 15.0. The van der Waals surface area contributed by atoms with Gasteiger partial charge < -0.3 is 8.98 Å². The lowest BCUT2D eigenvalue weighted by molar-refractivity contribution is 0.105. The van der Waals surface area contributed by atoms with Crippen molar-refractivity contribution in [2.45, 2.75) is 47.1 Å². The number of allylic oxidation sites excluding steroid dienone is 4. The Kier molecular flexibility index (Phi) is 6.23. The maximum atomic E-state index is 12.9. The minimum Gasteiger partial charge on any atom is -0.472 e. The van der Waals surface area contributed by atoms with Crippen molar-refractivity contribution in [3.05, 3.63) is 70.1 Å². The largest absolute Gasteiger partial charge is 0.472 e. The zero-order valence-electron chi connectivity index (χ0n) is 19.7. The van der Waals surface area contributed by atoms with Gasteiger partial charge in [-0.25, -0.2) is 0 Å². The van der Waals surface area contributed by atoms with E-state index in [1.807, 2.05) is 29.7 Å². The fourth-order valence-corrected chi connectivity index (χ4v) is 3.97. The number of terminal acetylenes is 1. The topological polar surface area (TPSA) is 52.2 Å². The van der Waals surface area contributed by atoms with Gasteiger partial charge in [0.2, 0.25) is 5.78 Å². The third-order valence-corrected chi connectivity index (χ3v) is 5.51. The molecular weight excluding hydrogens is 386 g/mol. The van der Waals surface area contributed by atoms with Crippen LogP contribution in [0.25, 0.3) is 11.1 Å². The summed E-state index contributed by atoms with van der Waals surface area (Å²) in [7, 11) is 0. The summed E-state index contributed by atoms with van der Waals surface area (Å²) >= 11 is 0. The predicted octanol–water partition coefficient (Wildman–Crippen LogP) is 5.49. The lowest BCUT2D eigenvalue weighted by Crippen LogP contribution is -2.29. The van der Waals surface area contributed by atoms with Gasteiger partial charge in [0, 0.05) is 36.8 Å². The van der Waals surface area contributed by atoms with Gasteiger partial charge in [0.25, 0.3) is 0 Å². The van der Waals surface area contributed by atoms with E-state index in [2.05, 4.69) is 45.5 Å². The zero-order valence-corrected chi connectivity index (χ0v) is 18.7. The van der Waals surface area contributed by atoms with Crippen molar-refractivity contribution in [1.29, 1.82) is 0 Å². The van der Waals surface area contributed by atoms with Crippen LogP contribution in [0.4, 0.5) is 0 Å². The minimum atomic E-state index is -0.612. The Bertz CT molecular complexity index is 1220. The van der Waals surface area contributed by atoms with E-state index in [0.29, 0.717) is 5.69 Å². The molecule has 1 aliphatic carbocycles. The highest BCUT2D eigenvalue weighted by molar-refractivity contribution is 6.08. The molecule has 0 amide bonds. The normalized spacial score (nSPS) is 16.8. The molecule has 0 spiro atoms. The maximum absolute atomic E-state index is 12.9. The molecule has 0 aromatic carbocycles. The second-order valence-corrected chi connectivity index (χ2v) is 8.83. The Morgan fingerprint density at radius 3 is 2.74 bits per heavy atom. The second-order valence-electron chi connectivity index (χ2n) is 8.83. The highest BCUT2D eigenvalue weighted by Crippen LogP contribution is 2.37. The van der Waals surface area contributed by atoms with Crippen molar-refractivity contribution in [3.63, 3.8) is 0 Å². The number of furan rings is 1. The van der Waals surface area contributed by atoms with Crippen molar-refractivity contribution in [2.24, 2.45) is 11.3 Å². The van der Waals surface area contributed by atoms with Crippen LogP contribution < -0.4 is 5.43 Å². The number of Topliss-reactive ketones (excluding diaryl/α,β-unsaturated/α-hetero) is 1. The van der Waals surface area contributed by atoms with Crippen LogP contribution in [0.3, 0.4) is 0 Å². The maximum Gasteiger partial charge on any atom is 0.241 e. The number of ketones is 1. The molecule has 1 radical (unpaired) electrons. The van der Waals surface area contributed by atoms with E-state index >= 15 is 0 Å². The summed E-state index contributed by atoms with van der Waals surface area (Å²) in [5.74, 6) is 8.05. The smallest absolute Gasteiger partial charge is 0.241 e. The number of hydrogen-bond donors (Lipinski definition) is 0. The van der Waals surface area contributed by atoms with E-state index in [-0.39, 0.29) is 24.4 Å². The molecule has 0 saturated heterocycles. The molecule has 2 heterocycles. The van der Waals surface area contributed by atoms with Crippen LogP contribution in [0.2, 0.25) is 0 Å². The van der Waals surface area contributed by atoms with Crippen molar-refractivity contribution in [2.75, 3.05) is 0 Å². The number of rotatable bonds is 5. The molecule has 0 N–H and O–H groups in total. The third-order valence-electron chi connectivity index (χ3n) is 5.51. The molecule has 159 valence electrons. The number of pyridine rings is 1. The first-order chi connectivity index (χ1) is 14.7. The van der Waals surface area contributed by atoms with Crippen LogP contribution in [-0.2, 0) is 0 Å². The lowest BCUT2D eigenvalue weighted by atomic mass is 9.84. The Morgan fingerprint density at radius 2 is 2.16 bits per heavy atom. The van der Waals surface area contributed by atoms with Crippen molar-refractivity contribution in [3.8, 4) is 24.2 Å². The Balaban J connectivity index is 0.00000363. The van der Waals surface area contributed by atoms with Gasteiger partial charge in [-0.05, 0) is 30.7 Å². The average Bonchev–Trinajstić information content (AvgIpc) is 3.17. The lowest BCUT2D eigenvalue weighted by Gasteiger charge is -2.34. The molecule has 0 bridgehead atoms. The molecule has 0 saturated carbocycles. The van der Waals surface area contributed by atoms with Crippen LogP contribution in [0, 0.1) is 35.5 Å². The van der Waals surface area contributed by atoms with E-state index < -0.39 is 11.2 Å². The average molecular weight is 415 g/mol. The molecule has 3 rings (SSSR count). The summed E-state index contributed by atoms with van der Waals surface area (Å²) in [5.41, 5.74) is 2.61. The molecular formula is C27H28NO3. The molecule has 2 aromatic heterocycles. The van der Waals surface area contributed by atoms with Gasteiger partial charge in [-0.3, -0.25) is 9.59 Å². The molecule has 1 aliphatic rings. The molecule has 4 nitrogen and oxygen atoms in total. The van der Waals surface area contributed by atoms with Crippen molar-refractivity contribution < 1.29 is 10.6 Å². The molecule has 2 aromatic rings. The molecule has 31 heavy (non-hydrogen) atoms. The highest BCUT2D eigenvalue weighted by atomic mass is 16.3. The SMILES string of the molecule is C#CC(=O)c1cn([C@@H](CC)C(C)(C)C)c(C2=C(c3ccoc3)C=CC(C)C#C2)cc1=O.[H]. The van der Waals surface area contributed by atoms with Gasteiger partial charge in [0.05, 0.1) is 29.4 Å². The standard InChI is InChI=1S/C27H27NO3.H/c1-7-24(29)22-16-28(26(8-2)27(4,5)6)23(15-25(22)30)21-12-10-18(3)9-11-20(21)19-13-14-31-17-19;/h1,9,11,13-18,26H,8H2,2-6H3;/t18?,26-;/m0./s1. The van der Waals surface area contributed by atoms with Gasteiger partial charge >= 0.3 is 0 Å². The minimum absolute atomic E-state index is 0. The summed E-state index contributed by atoms with van der Waals surface area (Å²) in [4.78, 5) is 25.2. The van der Waals surface area contributed by atoms with E-state index in [4.69, 9.17) is 10.8 Å². The first-order valence-electron chi connectivity index (χ1n) is 10.4. The van der Waals surface area contributed by atoms with Crippen LogP contribution >= 0.6 is 0 Å². The van der Waals surface area contributed by atoms with Gasteiger partial charge in [-0.15, -0.1) is 6.42 Å². The molecule has 1 unspecified atom stereocenters. The van der Waals surface area contributed by atoms with E-state index in [1.54, 1.807) is 18.7 Å². The Morgan fingerprint density at radius 1 is 1.42 bits per heavy atom. The van der Waals surface area contributed by atoms with Gasteiger partial charge in [-0.2, -0.15) is 0 Å². The number of nitrogens with zero attached hydrogens (tertiary/aromatic N) is 1. The number of aromatic nitrogens is 1. The number of carbonyl (C=O) groups excluding carboxylic acids is 1. The van der Waals surface area contributed by atoms with E-state index in [0.717, 1.165) is 23.1 Å². The summed E-state index contributed by atoms with van der Waals surface area (Å²) in [6, 6.07) is 3.38. The second kappa shape index (κ2) is 8.70. The number of carbonyl (C=O) groups is 1. The van der Waals surface area contributed by atoms with Crippen molar-refractivity contribution >= 4 is 16.9 Å². The van der Waals surface area contributed by atoms with E-state index in [1.165, 1.54) is 6.07 Å². The van der Waals surface area contributed by atoms with E-state index in [9.17, 15) is 9.59 Å². The van der Waals surface area contributed by atoms with Gasteiger partial charge in [-0.1, -0.05) is 51.7 Å². The Labute approximate surface area is 185 Å². The van der Waals surface area contributed by atoms with Crippen LogP contribution in [-0.4, -0.2) is 10.4 Å². The first kappa shape index (κ1) is 22.2. The van der Waals surface area contributed by atoms with Crippen LogP contribution in [0.15, 0.2) is 52.2 Å². The summed E-state index contributed by atoms with van der Waals surface area (Å²) in [5, 5.41) is 0. The first-order valence-corrected chi connectivity index (χ1v) is 10.4. The summed E-state index contributed by atoms with van der Waals surface area (Å²) < 4.78 is 7.31. The number of hydrogen-bond acceptors (Lipinski definition) is 3. The highest BCUT2D eigenvalue weighted by Gasteiger charge is 2.28. The summed E-state index contributed by atoms with van der Waals surface area (Å²) in [6.45, 7) is 10.5. The fourth-order valence-electron chi connectivity index (χ4n) is 3.97. The van der Waals surface area contributed by atoms with Crippen molar-refractivity contribution in [1.82, 2.24) is 4.57 Å².